The molecule has 0 unspecified atom stereocenters. The van der Waals surface area contributed by atoms with Crippen molar-refractivity contribution in [3.63, 3.8) is 0 Å². The van der Waals surface area contributed by atoms with Gasteiger partial charge < -0.3 is 5.11 Å². The van der Waals surface area contributed by atoms with Crippen LogP contribution in [0.15, 0.2) is 54.6 Å². The van der Waals surface area contributed by atoms with Crippen molar-refractivity contribution >= 4 is 16.9 Å². The zero-order chi connectivity index (χ0) is 20.1. The molecule has 2 aromatic carbocycles. The third kappa shape index (κ3) is 2.86. The van der Waals surface area contributed by atoms with Crippen molar-refractivity contribution in [2.45, 2.75) is 19.8 Å². The van der Waals surface area contributed by atoms with Gasteiger partial charge in [0.1, 0.15) is 5.82 Å². The van der Waals surface area contributed by atoms with Gasteiger partial charge in [0.15, 0.2) is 0 Å². The van der Waals surface area contributed by atoms with Crippen molar-refractivity contribution < 1.29 is 14.3 Å². The first kappa shape index (κ1) is 17.5. The van der Waals surface area contributed by atoms with E-state index in [2.05, 4.69) is 11.1 Å². The van der Waals surface area contributed by atoms with E-state index in [0.29, 0.717) is 35.0 Å². The van der Waals surface area contributed by atoms with E-state index < -0.39 is 11.8 Å². The number of carboxylic acid groups (broad SMARTS) is 1. The van der Waals surface area contributed by atoms with Crippen LogP contribution in [0.4, 0.5) is 4.39 Å². The number of aromatic nitrogens is 2. The lowest BCUT2D eigenvalue weighted by molar-refractivity contribution is 0.0698. The Morgan fingerprint density at radius 2 is 1.90 bits per heavy atom. The molecule has 4 aromatic rings. The average molecular weight is 384 g/mol. The number of nitrogens with zero attached hydrogens (tertiary/aromatic N) is 2. The number of halogens is 1. The number of pyridine rings is 2. The Kier molecular flexibility index (Phi) is 3.91. The van der Waals surface area contributed by atoms with E-state index in [4.69, 9.17) is 4.98 Å². The molecule has 0 aliphatic heterocycles. The fourth-order valence-corrected chi connectivity index (χ4v) is 4.10. The van der Waals surface area contributed by atoms with Crippen molar-refractivity contribution in [2.75, 3.05) is 0 Å². The van der Waals surface area contributed by atoms with Crippen molar-refractivity contribution in [3.05, 3.63) is 82.8 Å². The van der Waals surface area contributed by atoms with Crippen LogP contribution in [0.25, 0.3) is 33.4 Å². The predicted molar refractivity (Wildman–Crippen MR) is 109 cm³/mol. The summed E-state index contributed by atoms with van der Waals surface area (Å²) in [6.45, 7) is 2.05. The van der Waals surface area contributed by atoms with Crippen LogP contribution in [-0.2, 0) is 12.8 Å². The number of aromatic carboxylic acids is 1. The fourth-order valence-electron chi connectivity index (χ4n) is 4.10. The van der Waals surface area contributed by atoms with Crippen molar-refractivity contribution in [1.29, 1.82) is 0 Å². The van der Waals surface area contributed by atoms with E-state index in [-0.39, 0.29) is 5.56 Å². The van der Waals surface area contributed by atoms with Gasteiger partial charge in [0.25, 0.3) is 0 Å². The third-order valence-corrected chi connectivity index (χ3v) is 5.42. The monoisotopic (exact) mass is 384 g/mol. The highest BCUT2D eigenvalue weighted by molar-refractivity contribution is 6.06. The van der Waals surface area contributed by atoms with E-state index in [1.54, 1.807) is 0 Å². The van der Waals surface area contributed by atoms with Gasteiger partial charge in [-0.1, -0.05) is 23.8 Å². The Bertz CT molecular complexity index is 1310. The SMILES string of the molecule is Cc1cccc(-c2ccc3c(n2)CCc2c-3nc3ccc(F)cc3c2C(=O)O)c1. The van der Waals surface area contributed by atoms with Gasteiger partial charge in [-0.2, -0.15) is 0 Å². The summed E-state index contributed by atoms with van der Waals surface area (Å²) < 4.78 is 13.8. The lowest BCUT2D eigenvalue weighted by atomic mass is 9.87. The van der Waals surface area contributed by atoms with Crippen molar-refractivity contribution in [1.82, 2.24) is 9.97 Å². The van der Waals surface area contributed by atoms with Gasteiger partial charge in [0, 0.05) is 16.5 Å². The molecule has 29 heavy (non-hydrogen) atoms. The molecule has 0 amide bonds. The summed E-state index contributed by atoms with van der Waals surface area (Å²) in [6, 6.07) is 16.2. The van der Waals surface area contributed by atoms with E-state index in [1.165, 1.54) is 23.8 Å². The molecule has 1 N–H and O–H groups in total. The summed E-state index contributed by atoms with van der Waals surface area (Å²) in [4.78, 5) is 21.5. The first-order chi connectivity index (χ1) is 14.0. The summed E-state index contributed by atoms with van der Waals surface area (Å²) in [5, 5.41) is 10.2. The molecule has 142 valence electrons. The molecule has 0 atom stereocenters. The van der Waals surface area contributed by atoms with Crippen LogP contribution in [0, 0.1) is 12.7 Å². The largest absolute Gasteiger partial charge is 0.478 e. The number of benzene rings is 2. The van der Waals surface area contributed by atoms with Crippen LogP contribution in [0.5, 0.6) is 0 Å². The first-order valence-corrected chi connectivity index (χ1v) is 9.44. The minimum atomic E-state index is -1.06. The van der Waals surface area contributed by atoms with E-state index >= 15 is 0 Å². The summed E-state index contributed by atoms with van der Waals surface area (Å²) >= 11 is 0. The van der Waals surface area contributed by atoms with Crippen LogP contribution in [-0.4, -0.2) is 21.0 Å². The number of hydrogen-bond acceptors (Lipinski definition) is 3. The normalized spacial score (nSPS) is 12.5. The van der Waals surface area contributed by atoms with Gasteiger partial charge in [0.05, 0.1) is 28.2 Å². The lowest BCUT2D eigenvalue weighted by Gasteiger charge is -2.22. The molecule has 0 saturated carbocycles. The van der Waals surface area contributed by atoms with Gasteiger partial charge in [-0.05, 0) is 61.7 Å². The van der Waals surface area contributed by atoms with Gasteiger partial charge in [-0.25, -0.2) is 14.2 Å². The molecule has 0 bridgehead atoms. The smallest absolute Gasteiger partial charge is 0.336 e. The second kappa shape index (κ2) is 6.48. The number of aryl methyl sites for hydroxylation is 2. The standard InChI is InChI=1S/C24H17FN2O2/c1-13-3-2-4-14(11-13)19-9-6-16-20(26-19)10-7-17-22(24(28)29)18-12-15(25)5-8-21(18)27-23(16)17/h2-6,8-9,11-12H,7,10H2,1H3,(H,28,29). The summed E-state index contributed by atoms with van der Waals surface area (Å²) in [6.07, 6.45) is 1.12. The number of rotatable bonds is 2. The Balaban J connectivity index is 1.73. The van der Waals surface area contributed by atoms with E-state index in [0.717, 1.165) is 22.5 Å². The number of hydrogen-bond donors (Lipinski definition) is 1. The highest BCUT2D eigenvalue weighted by Gasteiger charge is 2.26. The molecule has 2 aromatic heterocycles. The van der Waals surface area contributed by atoms with Crippen LogP contribution >= 0.6 is 0 Å². The molecule has 0 fully saturated rings. The number of fused-ring (bicyclic) bond motifs is 4. The second-order valence-corrected chi connectivity index (χ2v) is 7.34. The van der Waals surface area contributed by atoms with Crippen molar-refractivity contribution in [2.24, 2.45) is 0 Å². The molecule has 5 rings (SSSR count). The van der Waals surface area contributed by atoms with Gasteiger partial charge in [-0.3, -0.25) is 4.98 Å². The second-order valence-electron chi connectivity index (χ2n) is 7.34. The third-order valence-electron chi connectivity index (χ3n) is 5.42. The average Bonchev–Trinajstić information content (AvgIpc) is 2.71. The first-order valence-electron chi connectivity index (χ1n) is 9.44. The molecule has 1 aliphatic rings. The van der Waals surface area contributed by atoms with Crippen molar-refractivity contribution in [3.8, 4) is 22.5 Å². The molecule has 1 aliphatic carbocycles. The summed E-state index contributed by atoms with van der Waals surface area (Å²) in [5.41, 5.74) is 6.73. The Labute approximate surface area is 166 Å². The Morgan fingerprint density at radius 3 is 2.69 bits per heavy atom. The highest BCUT2D eigenvalue weighted by Crippen LogP contribution is 2.37. The zero-order valence-electron chi connectivity index (χ0n) is 15.7. The molecular weight excluding hydrogens is 367 g/mol. The quantitative estimate of drug-likeness (QED) is 0.515. The molecule has 2 heterocycles. The maximum absolute atomic E-state index is 13.8. The topological polar surface area (TPSA) is 63.1 Å². The van der Waals surface area contributed by atoms with E-state index in [1.807, 2.05) is 37.3 Å². The van der Waals surface area contributed by atoms with E-state index in [9.17, 15) is 14.3 Å². The molecular formula is C24H17FN2O2. The van der Waals surface area contributed by atoms with Crippen LogP contribution < -0.4 is 0 Å². The molecule has 4 nitrogen and oxygen atoms in total. The number of carbonyl (C=O) groups is 1. The molecule has 0 radical (unpaired) electrons. The maximum atomic E-state index is 13.8. The summed E-state index contributed by atoms with van der Waals surface area (Å²) in [7, 11) is 0. The van der Waals surface area contributed by atoms with Gasteiger partial charge in [0.2, 0.25) is 0 Å². The highest BCUT2D eigenvalue weighted by atomic mass is 19.1. The predicted octanol–water partition coefficient (Wildman–Crippen LogP) is 5.21. The fraction of sp³-hybridized carbons (Fsp3) is 0.125. The Hall–Kier alpha value is -3.60. The van der Waals surface area contributed by atoms with Crippen LogP contribution in [0.2, 0.25) is 0 Å². The minimum absolute atomic E-state index is 0.137. The maximum Gasteiger partial charge on any atom is 0.336 e. The van der Waals surface area contributed by atoms with Crippen LogP contribution in [0.3, 0.4) is 0 Å². The minimum Gasteiger partial charge on any atom is -0.478 e. The molecule has 5 heteroatoms. The molecule has 0 saturated heterocycles. The van der Waals surface area contributed by atoms with Crippen LogP contribution in [0.1, 0.15) is 27.2 Å². The number of carboxylic acids is 1. The van der Waals surface area contributed by atoms with Gasteiger partial charge in [-0.15, -0.1) is 0 Å². The molecule has 0 spiro atoms. The zero-order valence-corrected chi connectivity index (χ0v) is 15.7. The summed E-state index contributed by atoms with van der Waals surface area (Å²) in [5.74, 6) is -1.53. The Morgan fingerprint density at radius 1 is 1.03 bits per heavy atom. The lowest BCUT2D eigenvalue weighted by Crippen LogP contribution is -2.14. The van der Waals surface area contributed by atoms with Gasteiger partial charge >= 0.3 is 5.97 Å².